The SMILES string of the molecule is Cc1ccc(OCCC(F)(F)F)c(CBr)c1. The zero-order valence-electron chi connectivity index (χ0n) is 8.77. The van der Waals surface area contributed by atoms with Gasteiger partial charge in [-0.1, -0.05) is 33.6 Å². The minimum absolute atomic E-state index is 0.341. The number of benzene rings is 1. The van der Waals surface area contributed by atoms with Gasteiger partial charge in [0.15, 0.2) is 0 Å². The van der Waals surface area contributed by atoms with Crippen molar-refractivity contribution >= 4 is 15.9 Å². The molecule has 16 heavy (non-hydrogen) atoms. The van der Waals surface area contributed by atoms with Gasteiger partial charge in [0.2, 0.25) is 0 Å². The Hall–Kier alpha value is -0.710. The third kappa shape index (κ3) is 4.43. The Bertz CT molecular complexity index is 350. The van der Waals surface area contributed by atoms with Crippen molar-refractivity contribution in [3.8, 4) is 5.75 Å². The normalized spacial score (nSPS) is 11.6. The summed E-state index contributed by atoms with van der Waals surface area (Å²) in [5.74, 6) is 0.506. The molecule has 1 aromatic rings. The van der Waals surface area contributed by atoms with Gasteiger partial charge in [0.25, 0.3) is 0 Å². The van der Waals surface area contributed by atoms with E-state index in [0.29, 0.717) is 11.1 Å². The van der Waals surface area contributed by atoms with Crippen molar-refractivity contribution < 1.29 is 17.9 Å². The van der Waals surface area contributed by atoms with Crippen molar-refractivity contribution in [2.75, 3.05) is 6.61 Å². The van der Waals surface area contributed by atoms with Gasteiger partial charge in [-0.15, -0.1) is 0 Å². The maximum atomic E-state index is 11.9. The van der Waals surface area contributed by atoms with Crippen LogP contribution < -0.4 is 4.74 Å². The van der Waals surface area contributed by atoms with Gasteiger partial charge >= 0.3 is 6.18 Å². The maximum Gasteiger partial charge on any atom is 0.392 e. The van der Waals surface area contributed by atoms with Crippen LogP contribution in [-0.2, 0) is 5.33 Å². The first-order valence-electron chi connectivity index (χ1n) is 4.77. The van der Waals surface area contributed by atoms with Gasteiger partial charge in [-0.3, -0.25) is 0 Å². The van der Waals surface area contributed by atoms with E-state index in [0.717, 1.165) is 11.1 Å². The Balaban J connectivity index is 2.60. The monoisotopic (exact) mass is 296 g/mol. The predicted octanol–water partition coefficient (Wildman–Crippen LogP) is 4.22. The van der Waals surface area contributed by atoms with Gasteiger partial charge in [-0.2, -0.15) is 13.2 Å². The van der Waals surface area contributed by atoms with Crippen molar-refractivity contribution in [3.05, 3.63) is 29.3 Å². The van der Waals surface area contributed by atoms with E-state index >= 15 is 0 Å². The number of halogens is 4. The molecular weight excluding hydrogens is 285 g/mol. The molecule has 0 saturated heterocycles. The molecule has 0 aliphatic heterocycles. The van der Waals surface area contributed by atoms with Gasteiger partial charge in [-0.25, -0.2) is 0 Å². The highest BCUT2D eigenvalue weighted by Gasteiger charge is 2.26. The van der Waals surface area contributed by atoms with Crippen LogP contribution in [0, 0.1) is 6.92 Å². The lowest BCUT2D eigenvalue weighted by atomic mass is 10.1. The van der Waals surface area contributed by atoms with Crippen molar-refractivity contribution in [1.82, 2.24) is 0 Å². The standard InChI is InChI=1S/C11H12BrF3O/c1-8-2-3-10(9(6-8)7-12)16-5-4-11(13,14)15/h2-3,6H,4-5,7H2,1H3. The van der Waals surface area contributed by atoms with E-state index < -0.39 is 12.6 Å². The number of hydrogen-bond acceptors (Lipinski definition) is 1. The zero-order valence-corrected chi connectivity index (χ0v) is 10.4. The summed E-state index contributed by atoms with van der Waals surface area (Å²) < 4.78 is 40.9. The van der Waals surface area contributed by atoms with E-state index in [1.807, 2.05) is 19.1 Å². The van der Waals surface area contributed by atoms with Crippen LogP contribution in [0.1, 0.15) is 17.5 Å². The molecule has 0 heterocycles. The molecule has 0 spiro atoms. The van der Waals surface area contributed by atoms with E-state index in [-0.39, 0.29) is 6.61 Å². The third-order valence-corrected chi connectivity index (χ3v) is 2.61. The summed E-state index contributed by atoms with van der Waals surface area (Å²) in [4.78, 5) is 0. The van der Waals surface area contributed by atoms with Crippen molar-refractivity contribution in [2.45, 2.75) is 24.9 Å². The molecule has 0 aliphatic carbocycles. The minimum Gasteiger partial charge on any atom is -0.493 e. The van der Waals surface area contributed by atoms with E-state index in [9.17, 15) is 13.2 Å². The summed E-state index contributed by atoms with van der Waals surface area (Å²) in [7, 11) is 0. The highest BCUT2D eigenvalue weighted by Crippen LogP contribution is 2.24. The number of alkyl halides is 4. The average molecular weight is 297 g/mol. The Labute approximate surface area is 101 Å². The lowest BCUT2D eigenvalue weighted by Gasteiger charge is -2.12. The van der Waals surface area contributed by atoms with Crippen molar-refractivity contribution in [2.24, 2.45) is 0 Å². The summed E-state index contributed by atoms with van der Waals surface area (Å²) in [6.07, 6.45) is -5.10. The van der Waals surface area contributed by atoms with Crippen LogP contribution in [0.3, 0.4) is 0 Å². The van der Waals surface area contributed by atoms with Gasteiger partial charge in [0.05, 0.1) is 13.0 Å². The predicted molar refractivity (Wildman–Crippen MR) is 60.0 cm³/mol. The summed E-state index contributed by atoms with van der Waals surface area (Å²) in [5.41, 5.74) is 1.92. The lowest BCUT2D eigenvalue weighted by Crippen LogP contribution is -2.13. The highest BCUT2D eigenvalue weighted by atomic mass is 79.9. The Morgan fingerprint density at radius 3 is 2.56 bits per heavy atom. The van der Waals surface area contributed by atoms with E-state index in [1.165, 1.54) is 0 Å². The Morgan fingerprint density at radius 2 is 2.00 bits per heavy atom. The van der Waals surface area contributed by atoms with Gasteiger partial charge in [0, 0.05) is 10.9 Å². The van der Waals surface area contributed by atoms with Crippen molar-refractivity contribution in [3.63, 3.8) is 0 Å². The molecule has 1 nitrogen and oxygen atoms in total. The molecule has 0 unspecified atom stereocenters. The first kappa shape index (κ1) is 13.4. The number of hydrogen-bond donors (Lipinski definition) is 0. The van der Waals surface area contributed by atoms with Crippen LogP contribution in [-0.4, -0.2) is 12.8 Å². The van der Waals surface area contributed by atoms with E-state index in [2.05, 4.69) is 15.9 Å². The fourth-order valence-corrected chi connectivity index (χ4v) is 1.67. The molecule has 0 aromatic heterocycles. The lowest BCUT2D eigenvalue weighted by molar-refractivity contribution is -0.139. The fraction of sp³-hybridized carbons (Fsp3) is 0.455. The number of rotatable bonds is 4. The molecule has 0 N–H and O–H groups in total. The summed E-state index contributed by atoms with van der Waals surface area (Å²) >= 11 is 3.27. The molecule has 0 radical (unpaired) electrons. The second kappa shape index (κ2) is 5.57. The Morgan fingerprint density at radius 1 is 1.31 bits per heavy atom. The van der Waals surface area contributed by atoms with E-state index in [1.54, 1.807) is 6.07 Å². The van der Waals surface area contributed by atoms with Crippen LogP contribution in [0.4, 0.5) is 13.2 Å². The zero-order chi connectivity index (χ0) is 12.2. The first-order valence-corrected chi connectivity index (χ1v) is 5.89. The van der Waals surface area contributed by atoms with Crippen LogP contribution in [0.15, 0.2) is 18.2 Å². The summed E-state index contributed by atoms with van der Waals surface area (Å²) in [6, 6.07) is 5.40. The largest absolute Gasteiger partial charge is 0.493 e. The highest BCUT2D eigenvalue weighted by molar-refractivity contribution is 9.08. The molecule has 0 aliphatic rings. The second-order valence-corrected chi connectivity index (χ2v) is 4.02. The maximum absolute atomic E-state index is 11.9. The van der Waals surface area contributed by atoms with Gasteiger partial charge < -0.3 is 4.74 Å². The molecule has 0 saturated carbocycles. The molecule has 0 fully saturated rings. The molecular formula is C11H12BrF3O. The number of ether oxygens (including phenoxy) is 1. The average Bonchev–Trinajstić information content (AvgIpc) is 2.18. The molecule has 90 valence electrons. The topological polar surface area (TPSA) is 9.23 Å². The van der Waals surface area contributed by atoms with Crippen LogP contribution in [0.25, 0.3) is 0 Å². The van der Waals surface area contributed by atoms with Crippen LogP contribution in [0.5, 0.6) is 5.75 Å². The Kier molecular flexibility index (Phi) is 4.65. The molecule has 1 aromatic carbocycles. The molecule has 5 heteroatoms. The molecule has 0 amide bonds. The van der Waals surface area contributed by atoms with Crippen molar-refractivity contribution in [1.29, 1.82) is 0 Å². The molecule has 0 bridgehead atoms. The molecule has 1 rings (SSSR count). The van der Waals surface area contributed by atoms with E-state index in [4.69, 9.17) is 4.74 Å². The quantitative estimate of drug-likeness (QED) is 0.756. The smallest absolute Gasteiger partial charge is 0.392 e. The van der Waals surface area contributed by atoms with Crippen LogP contribution in [0.2, 0.25) is 0 Å². The van der Waals surface area contributed by atoms with Gasteiger partial charge in [-0.05, 0) is 13.0 Å². The minimum atomic E-state index is -4.17. The molecule has 0 atom stereocenters. The summed E-state index contributed by atoms with van der Waals surface area (Å²) in [6.45, 7) is 1.58. The summed E-state index contributed by atoms with van der Waals surface area (Å²) in [5, 5.41) is 0.566. The number of aryl methyl sites for hydroxylation is 1. The first-order chi connectivity index (χ1) is 7.42. The van der Waals surface area contributed by atoms with Gasteiger partial charge in [0.1, 0.15) is 5.75 Å². The second-order valence-electron chi connectivity index (χ2n) is 3.46. The third-order valence-electron chi connectivity index (χ3n) is 2.00. The fourth-order valence-electron chi connectivity index (χ4n) is 1.23. The van der Waals surface area contributed by atoms with Crippen LogP contribution >= 0.6 is 15.9 Å².